The summed E-state index contributed by atoms with van der Waals surface area (Å²) in [6.45, 7) is 8.46. The van der Waals surface area contributed by atoms with E-state index in [0.717, 1.165) is 40.8 Å². The van der Waals surface area contributed by atoms with E-state index < -0.39 is 0 Å². The van der Waals surface area contributed by atoms with Crippen LogP contribution in [0.1, 0.15) is 56.7 Å². The molecule has 24 heavy (non-hydrogen) atoms. The Morgan fingerprint density at radius 2 is 1.83 bits per heavy atom. The van der Waals surface area contributed by atoms with Gasteiger partial charge < -0.3 is 9.84 Å². The first-order chi connectivity index (χ1) is 10.9. The minimum Gasteiger partial charge on any atom is -0.507 e. The fourth-order valence-electron chi connectivity index (χ4n) is 3.45. The molecule has 2 nitrogen and oxygen atoms in total. The summed E-state index contributed by atoms with van der Waals surface area (Å²) >= 11 is 0. The molecule has 0 saturated carbocycles. The first kappa shape index (κ1) is 18.7. The van der Waals surface area contributed by atoms with Gasteiger partial charge in [-0.1, -0.05) is 43.5 Å². The highest BCUT2D eigenvalue weighted by Gasteiger charge is 2.34. The predicted octanol–water partition coefficient (Wildman–Crippen LogP) is 6.15. The van der Waals surface area contributed by atoms with E-state index in [4.69, 9.17) is 4.74 Å². The second-order valence-electron chi connectivity index (χ2n) is 7.11. The highest BCUT2D eigenvalue weighted by molar-refractivity contribution is 5.85. The van der Waals surface area contributed by atoms with E-state index in [9.17, 15) is 5.11 Å². The lowest BCUT2D eigenvalue weighted by molar-refractivity contribution is 0.105. The van der Waals surface area contributed by atoms with Crippen molar-refractivity contribution >= 4 is 12.4 Å². The van der Waals surface area contributed by atoms with Gasteiger partial charge in [0.2, 0.25) is 0 Å². The molecule has 0 aromatic heterocycles. The molecule has 0 amide bonds. The number of phenolic OH excluding ortho intramolecular Hbond substituents is 1. The van der Waals surface area contributed by atoms with E-state index in [1.807, 2.05) is 6.07 Å². The van der Waals surface area contributed by atoms with Crippen molar-refractivity contribution in [1.29, 1.82) is 0 Å². The molecule has 1 heterocycles. The number of ether oxygens (including phenoxy) is 1. The Morgan fingerprint density at radius 1 is 1.08 bits per heavy atom. The van der Waals surface area contributed by atoms with Gasteiger partial charge in [0.05, 0.1) is 5.56 Å². The molecule has 3 heteroatoms. The van der Waals surface area contributed by atoms with Gasteiger partial charge in [0.25, 0.3) is 0 Å². The maximum atomic E-state index is 10.6. The summed E-state index contributed by atoms with van der Waals surface area (Å²) in [6.07, 6.45) is 4.55. The van der Waals surface area contributed by atoms with Crippen LogP contribution in [-0.4, -0.2) is 5.11 Å². The van der Waals surface area contributed by atoms with Gasteiger partial charge in [-0.15, -0.1) is 12.4 Å². The molecule has 0 bridgehead atoms. The van der Waals surface area contributed by atoms with Crippen LogP contribution in [-0.2, 0) is 12.0 Å². The van der Waals surface area contributed by atoms with Gasteiger partial charge in [0.1, 0.15) is 17.1 Å². The fraction of sp³-hybridized carbons (Fsp3) is 0.429. The molecular formula is C21H27ClO2. The fourth-order valence-corrected chi connectivity index (χ4v) is 3.45. The van der Waals surface area contributed by atoms with Crippen LogP contribution in [0.3, 0.4) is 0 Å². The van der Waals surface area contributed by atoms with Crippen LogP contribution in [0.5, 0.6) is 11.5 Å². The van der Waals surface area contributed by atoms with Gasteiger partial charge in [0, 0.05) is 5.56 Å². The van der Waals surface area contributed by atoms with Gasteiger partial charge in [-0.3, -0.25) is 0 Å². The van der Waals surface area contributed by atoms with E-state index in [1.54, 1.807) is 0 Å². The third-order valence-corrected chi connectivity index (χ3v) is 4.67. The van der Waals surface area contributed by atoms with Gasteiger partial charge in [-0.2, -0.15) is 0 Å². The number of fused-ring (bicyclic) bond motifs is 3. The second kappa shape index (κ2) is 7.06. The van der Waals surface area contributed by atoms with Gasteiger partial charge >= 0.3 is 0 Å². The van der Waals surface area contributed by atoms with Crippen molar-refractivity contribution in [2.24, 2.45) is 0 Å². The monoisotopic (exact) mass is 346 g/mol. The number of hydrogen-bond donors (Lipinski definition) is 1. The first-order valence-corrected chi connectivity index (χ1v) is 8.59. The van der Waals surface area contributed by atoms with Crippen LogP contribution in [0.2, 0.25) is 0 Å². The van der Waals surface area contributed by atoms with Crippen molar-refractivity contribution in [1.82, 2.24) is 0 Å². The SMILES string of the molecule is CCCCCc1cc(O)c2c(c1)OC(C)(C)c1ccc(C)cc1-2.Cl. The molecular weight excluding hydrogens is 320 g/mol. The second-order valence-corrected chi connectivity index (χ2v) is 7.11. The molecule has 130 valence electrons. The van der Waals surface area contributed by atoms with Crippen LogP contribution in [0.4, 0.5) is 0 Å². The van der Waals surface area contributed by atoms with Crippen molar-refractivity contribution in [3.63, 3.8) is 0 Å². The summed E-state index contributed by atoms with van der Waals surface area (Å²) in [4.78, 5) is 0. The number of aromatic hydroxyl groups is 1. The maximum absolute atomic E-state index is 10.6. The third kappa shape index (κ3) is 3.39. The smallest absolute Gasteiger partial charge is 0.132 e. The lowest BCUT2D eigenvalue weighted by Crippen LogP contribution is -2.29. The number of rotatable bonds is 4. The summed E-state index contributed by atoms with van der Waals surface area (Å²) < 4.78 is 6.25. The Hall–Kier alpha value is -1.67. The molecule has 3 rings (SSSR count). The third-order valence-electron chi connectivity index (χ3n) is 4.67. The first-order valence-electron chi connectivity index (χ1n) is 8.59. The summed E-state index contributed by atoms with van der Waals surface area (Å²) in [6, 6.07) is 10.4. The molecule has 1 aliphatic rings. The highest BCUT2D eigenvalue weighted by atomic mass is 35.5. The van der Waals surface area contributed by atoms with Crippen molar-refractivity contribution < 1.29 is 9.84 Å². The largest absolute Gasteiger partial charge is 0.507 e. The summed E-state index contributed by atoms with van der Waals surface area (Å²) in [7, 11) is 0. The zero-order valence-electron chi connectivity index (χ0n) is 15.0. The van der Waals surface area contributed by atoms with Gasteiger partial charge in [-0.05, 0) is 56.9 Å². The molecule has 0 radical (unpaired) electrons. The van der Waals surface area contributed by atoms with Crippen LogP contribution in [0.25, 0.3) is 11.1 Å². The summed E-state index contributed by atoms with van der Waals surface area (Å²) in [5.41, 5.74) is 5.02. The van der Waals surface area contributed by atoms with Gasteiger partial charge in [0.15, 0.2) is 0 Å². The van der Waals surface area contributed by atoms with Crippen LogP contribution >= 0.6 is 12.4 Å². The molecule has 2 aromatic carbocycles. The summed E-state index contributed by atoms with van der Waals surface area (Å²) in [5, 5.41) is 10.6. The quantitative estimate of drug-likeness (QED) is 0.673. The van der Waals surface area contributed by atoms with E-state index in [-0.39, 0.29) is 18.0 Å². The van der Waals surface area contributed by atoms with Crippen molar-refractivity contribution in [3.8, 4) is 22.6 Å². The molecule has 0 unspecified atom stereocenters. The number of aryl methyl sites for hydroxylation is 2. The van der Waals surface area contributed by atoms with E-state index >= 15 is 0 Å². The molecule has 0 saturated heterocycles. The molecule has 2 aromatic rings. The zero-order chi connectivity index (χ0) is 16.6. The molecule has 0 spiro atoms. The topological polar surface area (TPSA) is 29.5 Å². The molecule has 0 aliphatic carbocycles. The van der Waals surface area contributed by atoms with Crippen molar-refractivity contribution in [2.75, 3.05) is 0 Å². The van der Waals surface area contributed by atoms with Crippen molar-refractivity contribution in [3.05, 3.63) is 47.0 Å². The lowest BCUT2D eigenvalue weighted by atomic mass is 9.84. The zero-order valence-corrected chi connectivity index (χ0v) is 15.8. The maximum Gasteiger partial charge on any atom is 0.132 e. The minimum atomic E-state index is -0.384. The number of halogens is 1. The number of phenols is 1. The summed E-state index contributed by atoms with van der Waals surface area (Å²) in [5.74, 6) is 1.14. The van der Waals surface area contributed by atoms with Crippen molar-refractivity contribution in [2.45, 2.75) is 59.0 Å². The Morgan fingerprint density at radius 3 is 2.54 bits per heavy atom. The minimum absolute atomic E-state index is 0. The normalized spacial score (nSPS) is 14.2. The number of hydrogen-bond acceptors (Lipinski definition) is 2. The lowest BCUT2D eigenvalue weighted by Gasteiger charge is -2.35. The predicted molar refractivity (Wildman–Crippen MR) is 102 cm³/mol. The molecule has 1 N–H and O–H groups in total. The highest BCUT2D eigenvalue weighted by Crippen LogP contribution is 2.49. The standard InChI is InChI=1S/C21H26O2.ClH/c1-5-6-7-8-15-12-18(22)20-16-11-14(2)9-10-17(16)21(3,4)23-19(20)13-15;/h9-13,22H,5-8H2,1-4H3;1H. The van der Waals surface area contributed by atoms with E-state index in [1.165, 1.54) is 18.4 Å². The average molecular weight is 347 g/mol. The number of unbranched alkanes of at least 4 members (excludes halogenated alkanes) is 2. The van der Waals surface area contributed by atoms with E-state index in [2.05, 4.69) is 52.0 Å². The molecule has 1 aliphatic heterocycles. The van der Waals surface area contributed by atoms with Crippen LogP contribution in [0.15, 0.2) is 30.3 Å². The Balaban J connectivity index is 0.00000208. The molecule has 0 fully saturated rings. The van der Waals surface area contributed by atoms with E-state index in [0.29, 0.717) is 5.75 Å². The Kier molecular flexibility index (Phi) is 5.49. The van der Waals surface area contributed by atoms with Crippen LogP contribution in [0, 0.1) is 6.92 Å². The van der Waals surface area contributed by atoms with Crippen LogP contribution < -0.4 is 4.74 Å². The average Bonchev–Trinajstić information content (AvgIpc) is 2.46. The Labute approximate surface area is 151 Å². The Bertz CT molecular complexity index is 735. The number of benzene rings is 2. The van der Waals surface area contributed by atoms with Gasteiger partial charge in [-0.25, -0.2) is 0 Å². The molecule has 0 atom stereocenters.